The van der Waals surface area contributed by atoms with Gasteiger partial charge in [0.1, 0.15) is 11.5 Å². The number of rotatable bonds is 2. The molecule has 0 atom stereocenters. The van der Waals surface area contributed by atoms with Gasteiger partial charge in [0.2, 0.25) is 0 Å². The van der Waals surface area contributed by atoms with Gasteiger partial charge in [0.05, 0.1) is 27.7 Å². The Kier molecular flexibility index (Phi) is 3.03. The molecular weight excluding hydrogens is 303 g/mol. The van der Waals surface area contributed by atoms with E-state index in [1.165, 1.54) is 12.1 Å². The Balaban J connectivity index is 1.97. The maximum atomic E-state index is 12.2. The number of aromatic nitrogens is 1. The Bertz CT molecular complexity index is 698. The van der Waals surface area contributed by atoms with Gasteiger partial charge in [-0.2, -0.15) is 0 Å². The Labute approximate surface area is 124 Å². The molecule has 102 valence electrons. The van der Waals surface area contributed by atoms with Crippen molar-refractivity contribution in [1.82, 2.24) is 10.1 Å². The number of imide groups is 1. The van der Waals surface area contributed by atoms with Crippen molar-refractivity contribution in [2.45, 2.75) is 13.5 Å². The average molecular weight is 311 g/mol. The van der Waals surface area contributed by atoms with Gasteiger partial charge in [0.25, 0.3) is 11.8 Å². The molecular formula is C13H8Cl2N2O3. The normalized spacial score (nSPS) is 14.1. The molecule has 20 heavy (non-hydrogen) atoms. The summed E-state index contributed by atoms with van der Waals surface area (Å²) < 4.78 is 4.92. The van der Waals surface area contributed by atoms with Crippen LogP contribution >= 0.6 is 23.2 Å². The highest BCUT2D eigenvalue weighted by molar-refractivity contribution is 6.43. The van der Waals surface area contributed by atoms with Crippen molar-refractivity contribution in [2.75, 3.05) is 0 Å². The molecule has 0 fully saturated rings. The molecule has 0 saturated heterocycles. The zero-order valence-corrected chi connectivity index (χ0v) is 11.8. The summed E-state index contributed by atoms with van der Waals surface area (Å²) in [5, 5.41) is 4.26. The maximum Gasteiger partial charge on any atom is 0.261 e. The van der Waals surface area contributed by atoms with Crippen molar-refractivity contribution in [1.29, 1.82) is 0 Å². The van der Waals surface area contributed by atoms with Crippen LogP contribution in [-0.2, 0) is 6.54 Å². The van der Waals surface area contributed by atoms with Gasteiger partial charge in [-0.3, -0.25) is 14.5 Å². The molecule has 2 amide bonds. The highest BCUT2D eigenvalue weighted by atomic mass is 35.5. The van der Waals surface area contributed by atoms with Gasteiger partial charge in [-0.05, 0) is 19.1 Å². The van der Waals surface area contributed by atoms with Crippen LogP contribution in [0.15, 0.2) is 22.7 Å². The van der Waals surface area contributed by atoms with E-state index in [0.29, 0.717) is 11.5 Å². The molecule has 2 aromatic rings. The van der Waals surface area contributed by atoms with E-state index >= 15 is 0 Å². The summed E-state index contributed by atoms with van der Waals surface area (Å²) in [4.78, 5) is 25.5. The summed E-state index contributed by atoms with van der Waals surface area (Å²) in [7, 11) is 0. The number of hydrogen-bond donors (Lipinski definition) is 0. The minimum Gasteiger partial charge on any atom is -0.361 e. The molecule has 1 aliphatic heterocycles. The summed E-state index contributed by atoms with van der Waals surface area (Å²) in [5.74, 6) is -0.212. The molecule has 0 radical (unpaired) electrons. The van der Waals surface area contributed by atoms with Crippen LogP contribution in [0.25, 0.3) is 0 Å². The quantitative estimate of drug-likeness (QED) is 0.800. The molecule has 0 saturated carbocycles. The lowest BCUT2D eigenvalue weighted by molar-refractivity contribution is 0.0639. The van der Waals surface area contributed by atoms with Gasteiger partial charge >= 0.3 is 0 Å². The number of hydrogen-bond acceptors (Lipinski definition) is 4. The summed E-state index contributed by atoms with van der Waals surface area (Å²) >= 11 is 11.8. The lowest BCUT2D eigenvalue weighted by Gasteiger charge is -2.10. The van der Waals surface area contributed by atoms with Crippen molar-refractivity contribution in [3.05, 3.63) is 50.8 Å². The van der Waals surface area contributed by atoms with E-state index in [-0.39, 0.29) is 27.7 Å². The van der Waals surface area contributed by atoms with Crippen molar-refractivity contribution in [3.63, 3.8) is 0 Å². The van der Waals surface area contributed by atoms with Crippen LogP contribution < -0.4 is 0 Å². The van der Waals surface area contributed by atoms with Crippen LogP contribution in [-0.4, -0.2) is 21.9 Å². The molecule has 7 heteroatoms. The predicted octanol–water partition coefficient (Wildman–Crippen LogP) is 3.09. The van der Waals surface area contributed by atoms with Crippen LogP contribution in [0.5, 0.6) is 0 Å². The topological polar surface area (TPSA) is 63.4 Å². The number of fused-ring (bicyclic) bond motifs is 1. The molecule has 0 aliphatic carbocycles. The third-order valence-electron chi connectivity index (χ3n) is 3.01. The SMILES string of the molecule is Cc1cc(CN2C(=O)c3cc(Cl)c(Cl)cc3C2=O)no1. The molecule has 3 rings (SSSR count). The lowest BCUT2D eigenvalue weighted by atomic mass is 10.1. The first-order valence-electron chi connectivity index (χ1n) is 5.75. The fourth-order valence-corrected chi connectivity index (χ4v) is 2.41. The minimum atomic E-state index is -0.413. The lowest BCUT2D eigenvalue weighted by Crippen LogP contribution is -2.29. The van der Waals surface area contributed by atoms with E-state index in [9.17, 15) is 9.59 Å². The number of carbonyl (C=O) groups excluding carboxylic acids is 2. The fourth-order valence-electron chi connectivity index (χ4n) is 2.08. The fraction of sp³-hybridized carbons (Fsp3) is 0.154. The second kappa shape index (κ2) is 4.61. The van der Waals surface area contributed by atoms with Crippen molar-refractivity contribution >= 4 is 35.0 Å². The molecule has 1 aliphatic rings. The van der Waals surface area contributed by atoms with Crippen molar-refractivity contribution < 1.29 is 14.1 Å². The number of amides is 2. The van der Waals surface area contributed by atoms with Crippen LogP contribution in [0, 0.1) is 6.92 Å². The molecule has 1 aromatic heterocycles. The van der Waals surface area contributed by atoms with Crippen molar-refractivity contribution in [3.8, 4) is 0 Å². The van der Waals surface area contributed by atoms with Crippen LogP contribution in [0.2, 0.25) is 10.0 Å². The van der Waals surface area contributed by atoms with Gasteiger partial charge in [-0.25, -0.2) is 0 Å². The number of benzene rings is 1. The maximum absolute atomic E-state index is 12.2. The van der Waals surface area contributed by atoms with Crippen LogP contribution in [0.3, 0.4) is 0 Å². The van der Waals surface area contributed by atoms with E-state index in [0.717, 1.165) is 4.90 Å². The molecule has 0 unspecified atom stereocenters. The largest absolute Gasteiger partial charge is 0.361 e. The summed E-state index contributed by atoms with van der Waals surface area (Å²) in [6, 6.07) is 4.49. The Hall–Kier alpha value is -1.85. The van der Waals surface area contributed by atoms with Gasteiger partial charge in [0, 0.05) is 6.07 Å². The number of aryl methyl sites for hydroxylation is 1. The molecule has 5 nitrogen and oxygen atoms in total. The Morgan fingerprint density at radius 2 is 1.65 bits per heavy atom. The van der Waals surface area contributed by atoms with Gasteiger partial charge in [-0.1, -0.05) is 28.4 Å². The first-order chi connectivity index (χ1) is 9.47. The van der Waals surface area contributed by atoms with E-state index in [2.05, 4.69) is 5.16 Å². The second-order valence-corrected chi connectivity index (χ2v) is 5.25. The van der Waals surface area contributed by atoms with Crippen LogP contribution in [0.1, 0.15) is 32.2 Å². The second-order valence-electron chi connectivity index (χ2n) is 4.44. The first kappa shape index (κ1) is 13.1. The molecule has 0 spiro atoms. The highest BCUT2D eigenvalue weighted by Crippen LogP contribution is 2.32. The number of nitrogens with zero attached hydrogens (tertiary/aromatic N) is 2. The smallest absolute Gasteiger partial charge is 0.261 e. The van der Waals surface area contributed by atoms with E-state index in [1.54, 1.807) is 13.0 Å². The van der Waals surface area contributed by atoms with Crippen LogP contribution in [0.4, 0.5) is 0 Å². The summed E-state index contributed by atoms with van der Waals surface area (Å²) in [5.41, 5.74) is 1.02. The molecule has 0 N–H and O–H groups in total. The number of halogens is 2. The summed E-state index contributed by atoms with van der Waals surface area (Å²) in [6.45, 7) is 1.79. The minimum absolute atomic E-state index is 0.0545. The Morgan fingerprint density at radius 1 is 1.10 bits per heavy atom. The van der Waals surface area contributed by atoms with Gasteiger partial charge < -0.3 is 4.52 Å². The summed E-state index contributed by atoms with van der Waals surface area (Å²) in [6.07, 6.45) is 0. The highest BCUT2D eigenvalue weighted by Gasteiger charge is 2.36. The third-order valence-corrected chi connectivity index (χ3v) is 3.73. The van der Waals surface area contributed by atoms with E-state index < -0.39 is 11.8 Å². The van der Waals surface area contributed by atoms with E-state index in [1.807, 2.05) is 0 Å². The molecule has 1 aromatic carbocycles. The average Bonchev–Trinajstić information content (AvgIpc) is 2.90. The van der Waals surface area contributed by atoms with Gasteiger partial charge in [-0.15, -0.1) is 0 Å². The standard InChI is InChI=1S/C13H8Cl2N2O3/c1-6-2-7(16-20-6)5-17-12(18)8-3-10(14)11(15)4-9(8)13(17)19/h2-4H,5H2,1H3. The van der Waals surface area contributed by atoms with E-state index in [4.69, 9.17) is 27.7 Å². The first-order valence-corrected chi connectivity index (χ1v) is 6.50. The Morgan fingerprint density at radius 3 is 2.10 bits per heavy atom. The zero-order valence-electron chi connectivity index (χ0n) is 10.3. The van der Waals surface area contributed by atoms with Gasteiger partial charge in [0.15, 0.2) is 0 Å². The van der Waals surface area contributed by atoms with Crippen molar-refractivity contribution in [2.24, 2.45) is 0 Å². The number of carbonyl (C=O) groups is 2. The predicted molar refractivity (Wildman–Crippen MR) is 71.9 cm³/mol. The molecule has 2 heterocycles. The zero-order chi connectivity index (χ0) is 14.4. The monoisotopic (exact) mass is 310 g/mol. The molecule has 0 bridgehead atoms. The third kappa shape index (κ3) is 1.99.